The average Bonchev–Trinajstić information content (AvgIpc) is 2.84. The maximum Gasteiger partial charge on any atom is 0.229 e. The van der Waals surface area contributed by atoms with Crippen LogP contribution in [-0.2, 0) is 16.0 Å². The lowest BCUT2D eigenvalue weighted by Gasteiger charge is -2.42. The normalized spacial score (nSPS) is 19.3. The van der Waals surface area contributed by atoms with Crippen LogP contribution in [-0.4, -0.2) is 34.8 Å². The van der Waals surface area contributed by atoms with Gasteiger partial charge in [-0.15, -0.1) is 0 Å². The molecule has 2 heterocycles. The van der Waals surface area contributed by atoms with Gasteiger partial charge in [0, 0.05) is 31.0 Å². The highest BCUT2D eigenvalue weighted by Crippen LogP contribution is 2.37. The molecule has 0 bridgehead atoms. The number of hydrogen-bond donors (Lipinski definition) is 1. The Kier molecular flexibility index (Phi) is 6.35. The van der Waals surface area contributed by atoms with Crippen molar-refractivity contribution in [3.05, 3.63) is 90.3 Å². The molecule has 5 heteroatoms. The Morgan fingerprint density at radius 1 is 1.06 bits per heavy atom. The zero-order valence-corrected chi connectivity index (χ0v) is 18.4. The van der Waals surface area contributed by atoms with Gasteiger partial charge in [0.05, 0.1) is 11.3 Å². The number of carbonyl (C=O) groups is 2. The molecule has 5 nitrogen and oxygen atoms in total. The molecule has 4 rings (SSSR count). The van der Waals surface area contributed by atoms with E-state index < -0.39 is 5.41 Å². The topological polar surface area (TPSA) is 76.3 Å². The molecule has 1 saturated heterocycles. The van der Waals surface area contributed by atoms with Crippen LogP contribution in [0.1, 0.15) is 36.8 Å². The summed E-state index contributed by atoms with van der Waals surface area (Å²) in [6.45, 7) is 2.92. The van der Waals surface area contributed by atoms with Crippen molar-refractivity contribution in [1.82, 2.24) is 9.88 Å². The second-order valence-electron chi connectivity index (χ2n) is 8.72. The van der Waals surface area contributed by atoms with E-state index in [0.717, 1.165) is 28.7 Å². The Morgan fingerprint density at radius 3 is 2.53 bits per heavy atom. The van der Waals surface area contributed by atoms with Crippen molar-refractivity contribution in [2.75, 3.05) is 13.1 Å². The van der Waals surface area contributed by atoms with Crippen LogP contribution in [0.2, 0.25) is 0 Å². The van der Waals surface area contributed by atoms with Gasteiger partial charge in [-0.1, -0.05) is 60.7 Å². The number of rotatable bonds is 6. The van der Waals surface area contributed by atoms with Gasteiger partial charge in [0.1, 0.15) is 0 Å². The molecule has 2 atom stereocenters. The highest BCUT2D eigenvalue weighted by atomic mass is 16.2. The first-order chi connectivity index (χ1) is 15.5. The number of aromatic nitrogens is 1. The van der Waals surface area contributed by atoms with Crippen LogP contribution in [0.25, 0.3) is 11.1 Å². The van der Waals surface area contributed by atoms with Gasteiger partial charge in [-0.3, -0.25) is 14.6 Å². The first kappa shape index (κ1) is 21.8. The third kappa shape index (κ3) is 4.42. The van der Waals surface area contributed by atoms with E-state index in [1.54, 1.807) is 6.20 Å². The van der Waals surface area contributed by atoms with Gasteiger partial charge in [0.25, 0.3) is 0 Å². The fraction of sp³-hybridized carbons (Fsp3) is 0.296. The standard InChI is InChI=1S/C27H29N3O2/c1-20(21-9-3-2-4-10-21)25(31)30-16-8-14-27(19-30,26(28)32)17-22-11-5-6-13-24(22)23-12-7-15-29-18-23/h2-7,9-13,15,18,20H,8,14,16-17,19H2,1H3,(H2,28,32)/t20-,27+/m0/s1. The van der Waals surface area contributed by atoms with E-state index in [0.29, 0.717) is 25.9 Å². The summed E-state index contributed by atoms with van der Waals surface area (Å²) in [6, 6.07) is 21.7. The summed E-state index contributed by atoms with van der Waals surface area (Å²) in [5, 5.41) is 0. The molecule has 1 aromatic heterocycles. The second-order valence-corrected chi connectivity index (χ2v) is 8.72. The highest BCUT2D eigenvalue weighted by molar-refractivity contribution is 5.86. The van der Waals surface area contributed by atoms with Gasteiger partial charge < -0.3 is 10.6 Å². The van der Waals surface area contributed by atoms with Crippen LogP contribution < -0.4 is 5.73 Å². The predicted molar refractivity (Wildman–Crippen MR) is 126 cm³/mol. The molecule has 32 heavy (non-hydrogen) atoms. The fourth-order valence-electron chi connectivity index (χ4n) is 4.75. The number of amides is 2. The number of likely N-dealkylation sites (tertiary alicyclic amines) is 1. The molecule has 164 valence electrons. The van der Waals surface area contributed by atoms with Gasteiger partial charge in [0.2, 0.25) is 11.8 Å². The molecule has 0 saturated carbocycles. The molecule has 1 aliphatic rings. The molecule has 3 aromatic rings. The van der Waals surface area contributed by atoms with Crippen LogP contribution in [0.3, 0.4) is 0 Å². The number of pyridine rings is 1. The molecule has 2 N–H and O–H groups in total. The van der Waals surface area contributed by atoms with E-state index in [4.69, 9.17) is 5.73 Å². The second kappa shape index (κ2) is 9.35. The maximum atomic E-state index is 13.3. The van der Waals surface area contributed by atoms with Crippen molar-refractivity contribution in [1.29, 1.82) is 0 Å². The van der Waals surface area contributed by atoms with Crippen molar-refractivity contribution < 1.29 is 9.59 Å². The Bertz CT molecular complexity index is 1080. The summed E-state index contributed by atoms with van der Waals surface area (Å²) in [5.41, 5.74) is 9.28. The lowest BCUT2D eigenvalue weighted by Crippen LogP contribution is -2.54. The number of piperidine rings is 1. The maximum absolute atomic E-state index is 13.3. The van der Waals surface area contributed by atoms with Crippen LogP contribution in [0.15, 0.2) is 79.1 Å². The summed E-state index contributed by atoms with van der Waals surface area (Å²) < 4.78 is 0. The lowest BCUT2D eigenvalue weighted by molar-refractivity contribution is -0.140. The summed E-state index contributed by atoms with van der Waals surface area (Å²) in [7, 11) is 0. The van der Waals surface area contributed by atoms with Crippen molar-refractivity contribution in [2.24, 2.45) is 11.1 Å². The van der Waals surface area contributed by atoms with E-state index in [2.05, 4.69) is 4.98 Å². The molecule has 0 spiro atoms. The summed E-state index contributed by atoms with van der Waals surface area (Å²) in [4.78, 5) is 32.2. The minimum Gasteiger partial charge on any atom is -0.369 e. The van der Waals surface area contributed by atoms with Crippen LogP contribution in [0, 0.1) is 5.41 Å². The number of nitrogens with zero attached hydrogens (tertiary/aromatic N) is 2. The smallest absolute Gasteiger partial charge is 0.229 e. The SMILES string of the molecule is C[C@H](C(=O)N1CCC[C@](Cc2ccccc2-c2cccnc2)(C(N)=O)C1)c1ccccc1. The third-order valence-corrected chi connectivity index (χ3v) is 6.60. The first-order valence-electron chi connectivity index (χ1n) is 11.1. The van der Waals surface area contributed by atoms with Gasteiger partial charge in [-0.2, -0.15) is 0 Å². The number of carbonyl (C=O) groups excluding carboxylic acids is 2. The number of benzene rings is 2. The summed E-state index contributed by atoms with van der Waals surface area (Å²) in [6.07, 6.45) is 5.50. The fourth-order valence-corrected chi connectivity index (χ4v) is 4.75. The minimum atomic E-state index is -0.789. The number of nitrogens with two attached hydrogens (primary N) is 1. The minimum absolute atomic E-state index is 0.0436. The quantitative estimate of drug-likeness (QED) is 0.641. The Balaban J connectivity index is 1.61. The predicted octanol–water partition coefficient (Wildman–Crippen LogP) is 4.19. The molecule has 1 fully saturated rings. The summed E-state index contributed by atoms with van der Waals surface area (Å²) >= 11 is 0. The molecule has 0 aliphatic carbocycles. The van der Waals surface area contributed by atoms with Crippen molar-refractivity contribution in [3.63, 3.8) is 0 Å². The van der Waals surface area contributed by atoms with E-state index in [-0.39, 0.29) is 17.7 Å². The van der Waals surface area contributed by atoms with Crippen molar-refractivity contribution in [3.8, 4) is 11.1 Å². The Labute approximate surface area is 189 Å². The van der Waals surface area contributed by atoms with Gasteiger partial charge in [-0.05, 0) is 48.9 Å². The van der Waals surface area contributed by atoms with Crippen molar-refractivity contribution in [2.45, 2.75) is 32.1 Å². The molecule has 2 amide bonds. The third-order valence-electron chi connectivity index (χ3n) is 6.60. The molecule has 1 aliphatic heterocycles. The average molecular weight is 428 g/mol. The van der Waals surface area contributed by atoms with E-state index >= 15 is 0 Å². The van der Waals surface area contributed by atoms with E-state index in [1.165, 1.54) is 0 Å². The van der Waals surface area contributed by atoms with Crippen LogP contribution >= 0.6 is 0 Å². The van der Waals surface area contributed by atoms with Gasteiger partial charge in [-0.25, -0.2) is 0 Å². The number of hydrogen-bond acceptors (Lipinski definition) is 3. The molecular weight excluding hydrogens is 398 g/mol. The number of primary amides is 1. The van der Waals surface area contributed by atoms with Crippen LogP contribution in [0.4, 0.5) is 0 Å². The summed E-state index contributed by atoms with van der Waals surface area (Å²) in [5.74, 6) is -0.562. The highest BCUT2D eigenvalue weighted by Gasteiger charge is 2.43. The molecule has 2 aromatic carbocycles. The largest absolute Gasteiger partial charge is 0.369 e. The molecule has 0 unspecified atom stereocenters. The van der Waals surface area contributed by atoms with Crippen molar-refractivity contribution >= 4 is 11.8 Å². The van der Waals surface area contributed by atoms with Crippen LogP contribution in [0.5, 0.6) is 0 Å². The Hall–Kier alpha value is -3.47. The first-order valence-corrected chi connectivity index (χ1v) is 11.1. The van der Waals surface area contributed by atoms with E-state index in [9.17, 15) is 9.59 Å². The zero-order chi connectivity index (χ0) is 22.6. The van der Waals surface area contributed by atoms with Gasteiger partial charge in [0.15, 0.2) is 0 Å². The van der Waals surface area contributed by atoms with E-state index in [1.807, 2.05) is 84.8 Å². The van der Waals surface area contributed by atoms with Gasteiger partial charge >= 0.3 is 0 Å². The molecular formula is C27H29N3O2. The Morgan fingerprint density at radius 2 is 1.81 bits per heavy atom. The monoisotopic (exact) mass is 427 g/mol. The molecule has 0 radical (unpaired) electrons. The zero-order valence-electron chi connectivity index (χ0n) is 18.4. The lowest BCUT2D eigenvalue weighted by atomic mass is 9.73.